The molecule has 4 heteroatoms. The zero-order valence-electron chi connectivity index (χ0n) is 11.9. The molecule has 1 amide bonds. The highest BCUT2D eigenvalue weighted by Crippen LogP contribution is 2.27. The average Bonchev–Trinajstić information content (AvgIpc) is 2.88. The Morgan fingerprint density at radius 2 is 2.05 bits per heavy atom. The zero-order valence-corrected chi connectivity index (χ0v) is 11.9. The molecule has 1 aliphatic rings. The molecule has 1 aromatic rings. The molecular formula is C16H24N2O2. The topological polar surface area (TPSA) is 64.4 Å². The third-order valence-electron chi connectivity index (χ3n) is 3.60. The number of ether oxygens (including phenoxy) is 1. The number of hydrogen-bond acceptors (Lipinski definition) is 3. The second kappa shape index (κ2) is 7.90. The van der Waals surface area contributed by atoms with Crippen molar-refractivity contribution in [3.05, 3.63) is 29.8 Å². The number of hydrogen-bond donors (Lipinski definition) is 2. The molecule has 0 radical (unpaired) electrons. The maximum Gasteiger partial charge on any atom is 0.220 e. The van der Waals surface area contributed by atoms with Crippen LogP contribution in [0.15, 0.2) is 24.3 Å². The molecule has 110 valence electrons. The lowest BCUT2D eigenvalue weighted by atomic mass is 10.1. The molecule has 3 N–H and O–H groups in total. The lowest BCUT2D eigenvalue weighted by Gasteiger charge is -2.11. The Labute approximate surface area is 120 Å². The molecule has 1 unspecified atom stereocenters. The summed E-state index contributed by atoms with van der Waals surface area (Å²) < 4.78 is 5.79. The molecular weight excluding hydrogens is 252 g/mol. The van der Waals surface area contributed by atoms with E-state index in [-0.39, 0.29) is 12.0 Å². The van der Waals surface area contributed by atoms with Gasteiger partial charge in [0.2, 0.25) is 5.91 Å². The summed E-state index contributed by atoms with van der Waals surface area (Å²) in [5.41, 5.74) is 6.66. The van der Waals surface area contributed by atoms with Gasteiger partial charge in [0, 0.05) is 12.8 Å². The van der Waals surface area contributed by atoms with E-state index in [1.807, 2.05) is 18.2 Å². The summed E-state index contributed by atoms with van der Waals surface area (Å²) in [4.78, 5) is 11.7. The summed E-state index contributed by atoms with van der Waals surface area (Å²) in [5.74, 6) is 1.07. The van der Waals surface area contributed by atoms with Crippen molar-refractivity contribution in [2.45, 2.75) is 44.6 Å². The van der Waals surface area contributed by atoms with Crippen molar-refractivity contribution in [2.24, 2.45) is 5.73 Å². The molecule has 4 nitrogen and oxygen atoms in total. The van der Waals surface area contributed by atoms with Gasteiger partial charge >= 0.3 is 0 Å². The van der Waals surface area contributed by atoms with Crippen molar-refractivity contribution >= 4 is 5.91 Å². The van der Waals surface area contributed by atoms with Gasteiger partial charge in [-0.2, -0.15) is 0 Å². The van der Waals surface area contributed by atoms with E-state index in [0.717, 1.165) is 44.4 Å². The third kappa shape index (κ3) is 4.53. The Hall–Kier alpha value is -1.55. The fourth-order valence-corrected chi connectivity index (χ4v) is 2.47. The summed E-state index contributed by atoms with van der Waals surface area (Å²) in [6, 6.07) is 8.05. The number of carbonyl (C=O) groups is 1. The first-order chi connectivity index (χ1) is 9.79. The first-order valence-corrected chi connectivity index (χ1v) is 7.51. The SMILES string of the molecule is NCCCCCCC(=O)NCC1Cc2ccccc2O1. The lowest BCUT2D eigenvalue weighted by Crippen LogP contribution is -2.34. The third-order valence-corrected chi connectivity index (χ3v) is 3.60. The van der Waals surface area contributed by atoms with Gasteiger partial charge in [0.05, 0.1) is 6.54 Å². The number of carbonyl (C=O) groups excluding carboxylic acids is 1. The summed E-state index contributed by atoms with van der Waals surface area (Å²) in [5, 5.41) is 2.96. The highest BCUT2D eigenvalue weighted by Gasteiger charge is 2.22. The van der Waals surface area contributed by atoms with Crippen LogP contribution in [0.4, 0.5) is 0 Å². The van der Waals surface area contributed by atoms with Gasteiger partial charge in [-0.05, 0) is 31.0 Å². The molecule has 0 saturated carbocycles. The van der Waals surface area contributed by atoms with E-state index in [0.29, 0.717) is 13.0 Å². The van der Waals surface area contributed by atoms with Crippen molar-refractivity contribution in [3.63, 3.8) is 0 Å². The van der Waals surface area contributed by atoms with Gasteiger partial charge in [-0.15, -0.1) is 0 Å². The Morgan fingerprint density at radius 3 is 2.85 bits per heavy atom. The zero-order chi connectivity index (χ0) is 14.2. The molecule has 0 bridgehead atoms. The number of nitrogens with one attached hydrogen (secondary N) is 1. The Kier molecular flexibility index (Phi) is 5.87. The molecule has 0 aliphatic carbocycles. The van der Waals surface area contributed by atoms with Crippen molar-refractivity contribution in [1.29, 1.82) is 0 Å². The maximum absolute atomic E-state index is 11.7. The molecule has 20 heavy (non-hydrogen) atoms. The Bertz CT molecular complexity index is 409. The van der Waals surface area contributed by atoms with Crippen LogP contribution in [0.5, 0.6) is 5.75 Å². The molecule has 0 aromatic heterocycles. The van der Waals surface area contributed by atoms with E-state index in [1.54, 1.807) is 0 Å². The number of unbranched alkanes of at least 4 members (excludes halogenated alkanes) is 3. The van der Waals surface area contributed by atoms with Gasteiger partial charge < -0.3 is 15.8 Å². The minimum atomic E-state index is 0.0774. The maximum atomic E-state index is 11.7. The van der Waals surface area contributed by atoms with Gasteiger partial charge in [-0.25, -0.2) is 0 Å². The average molecular weight is 276 g/mol. The Balaban J connectivity index is 1.59. The van der Waals surface area contributed by atoms with E-state index < -0.39 is 0 Å². The van der Waals surface area contributed by atoms with Crippen LogP contribution in [0.2, 0.25) is 0 Å². The van der Waals surface area contributed by atoms with E-state index in [9.17, 15) is 4.79 Å². The van der Waals surface area contributed by atoms with Crippen LogP contribution in [-0.2, 0) is 11.2 Å². The second-order valence-corrected chi connectivity index (χ2v) is 5.31. The first-order valence-electron chi connectivity index (χ1n) is 7.51. The van der Waals surface area contributed by atoms with Crippen LogP contribution in [-0.4, -0.2) is 25.1 Å². The van der Waals surface area contributed by atoms with E-state index in [2.05, 4.69) is 11.4 Å². The normalized spacial score (nSPS) is 16.6. The van der Waals surface area contributed by atoms with Crippen LogP contribution >= 0.6 is 0 Å². The van der Waals surface area contributed by atoms with Gasteiger partial charge in [0.25, 0.3) is 0 Å². The highest BCUT2D eigenvalue weighted by atomic mass is 16.5. The number of fused-ring (bicyclic) bond motifs is 1. The predicted molar refractivity (Wildman–Crippen MR) is 79.7 cm³/mol. The number of amides is 1. The Morgan fingerprint density at radius 1 is 1.25 bits per heavy atom. The summed E-state index contributed by atoms with van der Waals surface area (Å²) in [6.45, 7) is 1.34. The molecule has 0 fully saturated rings. The monoisotopic (exact) mass is 276 g/mol. The molecule has 0 spiro atoms. The van der Waals surface area contributed by atoms with E-state index in [4.69, 9.17) is 10.5 Å². The van der Waals surface area contributed by atoms with Gasteiger partial charge in [0.15, 0.2) is 0 Å². The van der Waals surface area contributed by atoms with Crippen LogP contribution < -0.4 is 15.8 Å². The van der Waals surface area contributed by atoms with Gasteiger partial charge in [-0.1, -0.05) is 31.0 Å². The van der Waals surface area contributed by atoms with Crippen molar-refractivity contribution in [2.75, 3.05) is 13.1 Å². The van der Waals surface area contributed by atoms with Crippen LogP contribution in [0.1, 0.15) is 37.7 Å². The quantitative estimate of drug-likeness (QED) is 0.714. The van der Waals surface area contributed by atoms with Gasteiger partial charge in [-0.3, -0.25) is 4.79 Å². The molecule has 2 rings (SSSR count). The summed E-state index contributed by atoms with van der Waals surface area (Å²) in [6.07, 6.45) is 5.75. The predicted octanol–water partition coefficient (Wildman–Crippen LogP) is 2.02. The highest BCUT2D eigenvalue weighted by molar-refractivity contribution is 5.75. The van der Waals surface area contributed by atoms with Crippen LogP contribution in [0.3, 0.4) is 0 Å². The molecule has 1 heterocycles. The van der Waals surface area contributed by atoms with Gasteiger partial charge in [0.1, 0.15) is 11.9 Å². The van der Waals surface area contributed by atoms with Crippen molar-refractivity contribution in [1.82, 2.24) is 5.32 Å². The number of benzene rings is 1. The number of nitrogens with two attached hydrogens (primary N) is 1. The van der Waals surface area contributed by atoms with Crippen molar-refractivity contribution < 1.29 is 9.53 Å². The standard InChI is InChI=1S/C16H24N2O2/c17-10-6-2-1-3-9-16(19)18-12-14-11-13-7-4-5-8-15(13)20-14/h4-5,7-8,14H,1-3,6,9-12,17H2,(H,18,19). The van der Waals surface area contributed by atoms with Crippen LogP contribution in [0.25, 0.3) is 0 Å². The minimum Gasteiger partial charge on any atom is -0.488 e. The second-order valence-electron chi connectivity index (χ2n) is 5.31. The fourth-order valence-electron chi connectivity index (χ4n) is 2.47. The number of para-hydroxylation sites is 1. The molecule has 1 aromatic carbocycles. The fraction of sp³-hybridized carbons (Fsp3) is 0.562. The largest absolute Gasteiger partial charge is 0.488 e. The molecule has 0 saturated heterocycles. The molecule has 1 aliphatic heterocycles. The minimum absolute atomic E-state index is 0.0774. The van der Waals surface area contributed by atoms with E-state index in [1.165, 1.54) is 5.56 Å². The summed E-state index contributed by atoms with van der Waals surface area (Å²) >= 11 is 0. The van der Waals surface area contributed by atoms with Crippen LogP contribution in [0, 0.1) is 0 Å². The smallest absolute Gasteiger partial charge is 0.220 e. The first kappa shape index (κ1) is 14.9. The molecule has 1 atom stereocenters. The van der Waals surface area contributed by atoms with Crippen molar-refractivity contribution in [3.8, 4) is 5.75 Å². The number of rotatable bonds is 8. The van der Waals surface area contributed by atoms with E-state index >= 15 is 0 Å². The summed E-state index contributed by atoms with van der Waals surface area (Å²) in [7, 11) is 0. The lowest BCUT2D eigenvalue weighted by molar-refractivity contribution is -0.121.